The number of halogens is 1. The van der Waals surface area contributed by atoms with Crippen LogP contribution in [0.2, 0.25) is 5.02 Å². The molecule has 0 atom stereocenters. The Morgan fingerprint density at radius 1 is 1.26 bits per heavy atom. The van der Waals surface area contributed by atoms with Crippen LogP contribution in [0.1, 0.15) is 25.3 Å². The van der Waals surface area contributed by atoms with Crippen molar-refractivity contribution in [1.82, 2.24) is 4.31 Å². The Kier molecular flexibility index (Phi) is 4.50. The molecule has 1 aliphatic rings. The molecule has 1 aromatic carbocycles. The lowest BCUT2D eigenvalue weighted by Gasteiger charge is -2.27. The third-order valence-corrected chi connectivity index (χ3v) is 5.63. The minimum Gasteiger partial charge on any atom is -0.379 e. The third-order valence-electron chi connectivity index (χ3n) is 3.19. The Labute approximate surface area is 119 Å². The lowest BCUT2D eigenvalue weighted by molar-refractivity contribution is 0.0730. The van der Waals surface area contributed by atoms with E-state index in [0.717, 1.165) is 5.56 Å². The van der Waals surface area contributed by atoms with Gasteiger partial charge >= 0.3 is 0 Å². The molecule has 0 N–H and O–H groups in total. The van der Waals surface area contributed by atoms with Crippen molar-refractivity contribution < 1.29 is 13.2 Å². The van der Waals surface area contributed by atoms with Crippen LogP contribution in [-0.2, 0) is 14.8 Å². The molecule has 1 fully saturated rings. The number of morpholine rings is 1. The molecule has 4 nitrogen and oxygen atoms in total. The van der Waals surface area contributed by atoms with Gasteiger partial charge in [0.2, 0.25) is 10.0 Å². The average Bonchev–Trinajstić information content (AvgIpc) is 2.39. The lowest BCUT2D eigenvalue weighted by Crippen LogP contribution is -2.41. The molecule has 0 aromatic heterocycles. The summed E-state index contributed by atoms with van der Waals surface area (Å²) in [6.45, 7) is 5.55. The van der Waals surface area contributed by atoms with E-state index in [1.165, 1.54) is 4.31 Å². The monoisotopic (exact) mass is 303 g/mol. The summed E-state index contributed by atoms with van der Waals surface area (Å²) in [6.07, 6.45) is 0. The number of sulfonamides is 1. The third kappa shape index (κ3) is 2.94. The highest BCUT2D eigenvalue weighted by atomic mass is 35.5. The quantitative estimate of drug-likeness (QED) is 0.862. The second kappa shape index (κ2) is 5.79. The maximum Gasteiger partial charge on any atom is 0.244 e. The SMILES string of the molecule is CC(C)c1cccc(Cl)c1S(=O)(=O)N1CCOCC1. The first-order valence-corrected chi connectivity index (χ1v) is 8.12. The van der Waals surface area contributed by atoms with Gasteiger partial charge in [0.1, 0.15) is 4.90 Å². The van der Waals surface area contributed by atoms with Crippen molar-refractivity contribution in [3.8, 4) is 0 Å². The molecule has 0 spiro atoms. The van der Waals surface area contributed by atoms with Crippen LogP contribution in [0.25, 0.3) is 0 Å². The van der Waals surface area contributed by atoms with Crippen LogP contribution in [0.3, 0.4) is 0 Å². The normalized spacial score (nSPS) is 17.9. The molecular weight excluding hydrogens is 286 g/mol. The first-order valence-electron chi connectivity index (χ1n) is 6.31. The molecule has 1 aliphatic heterocycles. The fraction of sp³-hybridized carbons (Fsp3) is 0.538. The molecule has 106 valence electrons. The topological polar surface area (TPSA) is 46.6 Å². The number of hydrogen-bond acceptors (Lipinski definition) is 3. The molecule has 1 saturated heterocycles. The number of rotatable bonds is 3. The summed E-state index contributed by atoms with van der Waals surface area (Å²) in [5.41, 5.74) is 0.763. The summed E-state index contributed by atoms with van der Waals surface area (Å²) in [5.74, 6) is 0.101. The highest BCUT2D eigenvalue weighted by Crippen LogP contribution is 2.32. The molecule has 0 saturated carbocycles. The molecule has 1 heterocycles. The molecule has 0 radical (unpaired) electrons. The summed E-state index contributed by atoms with van der Waals surface area (Å²) in [6, 6.07) is 5.24. The molecule has 2 rings (SSSR count). The summed E-state index contributed by atoms with van der Waals surface area (Å²) >= 11 is 6.14. The maximum atomic E-state index is 12.7. The first kappa shape index (κ1) is 14.8. The van der Waals surface area contributed by atoms with Crippen molar-refractivity contribution in [1.29, 1.82) is 0 Å². The molecule has 0 bridgehead atoms. The fourth-order valence-electron chi connectivity index (χ4n) is 2.17. The van der Waals surface area contributed by atoms with Gasteiger partial charge in [-0.05, 0) is 17.5 Å². The van der Waals surface area contributed by atoms with Crippen LogP contribution in [0.5, 0.6) is 0 Å². The van der Waals surface area contributed by atoms with E-state index >= 15 is 0 Å². The van der Waals surface area contributed by atoms with Crippen molar-refractivity contribution in [2.75, 3.05) is 26.3 Å². The van der Waals surface area contributed by atoms with Gasteiger partial charge in [-0.1, -0.05) is 37.6 Å². The second-order valence-corrected chi connectivity index (χ2v) is 7.11. The molecule has 6 heteroatoms. The van der Waals surface area contributed by atoms with Crippen molar-refractivity contribution in [2.45, 2.75) is 24.7 Å². The minimum atomic E-state index is -3.55. The zero-order valence-corrected chi connectivity index (χ0v) is 12.7. The summed E-state index contributed by atoms with van der Waals surface area (Å²) in [4.78, 5) is 0.244. The van der Waals surface area contributed by atoms with Crippen LogP contribution in [0, 0.1) is 0 Å². The Bertz CT molecular complexity index is 551. The first-order chi connectivity index (χ1) is 8.94. The van der Waals surface area contributed by atoms with Crippen LogP contribution >= 0.6 is 11.6 Å². The Morgan fingerprint density at radius 2 is 1.89 bits per heavy atom. The Hall–Kier alpha value is -0.620. The van der Waals surface area contributed by atoms with Crippen molar-refractivity contribution in [3.05, 3.63) is 28.8 Å². The molecule has 19 heavy (non-hydrogen) atoms. The molecule has 1 aromatic rings. The number of hydrogen-bond donors (Lipinski definition) is 0. The fourth-order valence-corrected chi connectivity index (χ4v) is 4.45. The summed E-state index contributed by atoms with van der Waals surface area (Å²) in [7, 11) is -3.55. The van der Waals surface area contributed by atoms with Gasteiger partial charge in [0.15, 0.2) is 0 Å². The predicted octanol–water partition coefficient (Wildman–Crippen LogP) is 2.48. The standard InChI is InChI=1S/C13H18ClNO3S/c1-10(2)11-4-3-5-12(14)13(11)19(16,17)15-6-8-18-9-7-15/h3-5,10H,6-9H2,1-2H3. The molecule has 0 amide bonds. The van der Waals surface area contributed by atoms with Crippen molar-refractivity contribution in [3.63, 3.8) is 0 Å². The molecular formula is C13H18ClNO3S. The second-order valence-electron chi connectivity index (χ2n) is 4.83. The van der Waals surface area contributed by atoms with Gasteiger partial charge in [-0.25, -0.2) is 8.42 Å². The van der Waals surface area contributed by atoms with Gasteiger partial charge < -0.3 is 4.74 Å². The van der Waals surface area contributed by atoms with Gasteiger partial charge in [-0.15, -0.1) is 0 Å². The number of ether oxygens (including phenoxy) is 1. The Balaban J connectivity index is 2.50. The Morgan fingerprint density at radius 3 is 2.47 bits per heavy atom. The van der Waals surface area contributed by atoms with E-state index in [1.807, 2.05) is 19.9 Å². The van der Waals surface area contributed by atoms with E-state index in [2.05, 4.69) is 0 Å². The summed E-state index contributed by atoms with van der Waals surface area (Å²) in [5, 5.41) is 0.290. The maximum absolute atomic E-state index is 12.7. The highest BCUT2D eigenvalue weighted by molar-refractivity contribution is 7.89. The van der Waals surface area contributed by atoms with Gasteiger partial charge in [0.05, 0.1) is 18.2 Å². The minimum absolute atomic E-state index is 0.101. The number of benzene rings is 1. The smallest absolute Gasteiger partial charge is 0.244 e. The van der Waals surface area contributed by atoms with Crippen LogP contribution < -0.4 is 0 Å². The van der Waals surface area contributed by atoms with Crippen LogP contribution in [0.15, 0.2) is 23.1 Å². The zero-order chi connectivity index (χ0) is 14.0. The van der Waals surface area contributed by atoms with E-state index < -0.39 is 10.0 Å². The zero-order valence-electron chi connectivity index (χ0n) is 11.1. The van der Waals surface area contributed by atoms with Gasteiger partial charge in [0, 0.05) is 13.1 Å². The predicted molar refractivity (Wildman–Crippen MR) is 75.1 cm³/mol. The van der Waals surface area contributed by atoms with E-state index in [0.29, 0.717) is 26.3 Å². The highest BCUT2D eigenvalue weighted by Gasteiger charge is 2.31. The van der Waals surface area contributed by atoms with E-state index in [-0.39, 0.29) is 15.8 Å². The van der Waals surface area contributed by atoms with Gasteiger partial charge in [-0.2, -0.15) is 4.31 Å². The lowest BCUT2D eigenvalue weighted by atomic mass is 10.0. The average molecular weight is 304 g/mol. The van der Waals surface area contributed by atoms with E-state index in [4.69, 9.17) is 16.3 Å². The molecule has 0 unspecified atom stereocenters. The van der Waals surface area contributed by atoms with Crippen LogP contribution in [0.4, 0.5) is 0 Å². The van der Waals surface area contributed by atoms with E-state index in [1.54, 1.807) is 12.1 Å². The van der Waals surface area contributed by atoms with Crippen molar-refractivity contribution >= 4 is 21.6 Å². The van der Waals surface area contributed by atoms with Gasteiger partial charge in [0.25, 0.3) is 0 Å². The summed E-state index contributed by atoms with van der Waals surface area (Å²) < 4.78 is 32.1. The van der Waals surface area contributed by atoms with Gasteiger partial charge in [-0.3, -0.25) is 0 Å². The largest absolute Gasteiger partial charge is 0.379 e. The van der Waals surface area contributed by atoms with Crippen LogP contribution in [-0.4, -0.2) is 39.0 Å². The number of nitrogens with zero attached hydrogens (tertiary/aromatic N) is 1. The molecule has 0 aliphatic carbocycles. The van der Waals surface area contributed by atoms with E-state index in [9.17, 15) is 8.42 Å². The van der Waals surface area contributed by atoms with Crippen molar-refractivity contribution in [2.24, 2.45) is 0 Å².